The maximum Gasteiger partial charge on any atom is 0.312 e. The predicted molar refractivity (Wildman–Crippen MR) is 178 cm³/mol. The van der Waals surface area contributed by atoms with Crippen LogP contribution in [-0.2, 0) is 38.1 Å². The maximum atomic E-state index is 14.1. The van der Waals surface area contributed by atoms with E-state index in [-0.39, 0.29) is 50.2 Å². The van der Waals surface area contributed by atoms with Gasteiger partial charge in [0.15, 0.2) is 12.4 Å². The van der Waals surface area contributed by atoms with E-state index in [1.165, 1.54) is 38.5 Å². The third-order valence-electron chi connectivity index (χ3n) is 16.4. The van der Waals surface area contributed by atoms with Gasteiger partial charge in [-0.3, -0.25) is 14.4 Å². The molecule has 12 bridgehead atoms. The fraction of sp³-hybridized carbons (Fsp3) is 0.927. The third-order valence-corrected chi connectivity index (χ3v) is 16.4. The number of carbonyl (C=O) groups excluding carboxylic acids is 3. The summed E-state index contributed by atoms with van der Waals surface area (Å²) in [6, 6.07) is 0. The highest BCUT2D eigenvalue weighted by Gasteiger charge is 2.68. The third kappa shape index (κ3) is 5.46. The number of ether oxygens (including phenoxy) is 5. The van der Waals surface area contributed by atoms with Gasteiger partial charge in [0.1, 0.15) is 13.2 Å². The molecule has 13 aliphatic rings. The molecule has 51 heavy (non-hydrogen) atoms. The zero-order valence-corrected chi connectivity index (χ0v) is 30.3. The molecule has 13 fully saturated rings. The number of carbonyl (C=O) groups is 3. The first-order valence-corrected chi connectivity index (χ1v) is 20.4. The molecule has 2 atom stereocenters. The van der Waals surface area contributed by atoms with Gasteiger partial charge >= 0.3 is 17.9 Å². The molecule has 2 unspecified atom stereocenters. The van der Waals surface area contributed by atoms with Crippen molar-refractivity contribution in [3.8, 4) is 0 Å². The molecule has 10 heteroatoms. The first-order valence-electron chi connectivity index (χ1n) is 20.4. The molecule has 0 N–H and O–H groups in total. The van der Waals surface area contributed by atoms with E-state index >= 15 is 0 Å². The Balaban J connectivity index is 0.862. The topological polar surface area (TPSA) is 97.4 Å². The zero-order chi connectivity index (χ0) is 35.0. The van der Waals surface area contributed by atoms with E-state index in [2.05, 4.69) is 0 Å². The van der Waals surface area contributed by atoms with Gasteiger partial charge in [0.25, 0.3) is 5.92 Å². The van der Waals surface area contributed by atoms with Crippen molar-refractivity contribution >= 4 is 17.9 Å². The molecule has 0 aromatic heterocycles. The van der Waals surface area contributed by atoms with Crippen molar-refractivity contribution in [2.45, 2.75) is 128 Å². The van der Waals surface area contributed by atoms with Crippen LogP contribution in [-0.4, -0.2) is 62.7 Å². The van der Waals surface area contributed by atoms with Crippen LogP contribution in [0.25, 0.3) is 0 Å². The Morgan fingerprint density at radius 2 is 0.882 bits per heavy atom. The molecule has 282 valence electrons. The van der Waals surface area contributed by atoms with Crippen LogP contribution >= 0.6 is 0 Å². The lowest BCUT2D eigenvalue weighted by Crippen LogP contribution is -2.68. The van der Waals surface area contributed by atoms with Gasteiger partial charge in [-0.25, -0.2) is 8.78 Å². The average Bonchev–Trinajstić information content (AvgIpc) is 3.06. The smallest absolute Gasteiger partial charge is 0.312 e. The predicted octanol–water partition coefficient (Wildman–Crippen LogP) is 7.26. The van der Waals surface area contributed by atoms with Gasteiger partial charge in [-0.15, -0.1) is 0 Å². The summed E-state index contributed by atoms with van der Waals surface area (Å²) >= 11 is 0. The standard InChI is InChI=1S/C41H56F2O8/c1-36(42,43)19-47-35(46)40-16-30-8-31(17-40)41(32(9-30)18-40)50-22-37(23-51-41,20-48-33(44)38-10-24-2-25(11-38)4-26(3-24)12-38)21-49-34(45)39-13-27-5-28(14-39)7-29(6-27)15-39/h24-32H,2-23H2,1H3. The lowest BCUT2D eigenvalue weighted by Gasteiger charge is -2.65. The van der Waals surface area contributed by atoms with Crippen LogP contribution in [0.1, 0.15) is 116 Å². The highest BCUT2D eigenvalue weighted by molar-refractivity contribution is 5.79. The summed E-state index contributed by atoms with van der Waals surface area (Å²) in [6.45, 7) is 0.484. The number of alkyl halides is 2. The summed E-state index contributed by atoms with van der Waals surface area (Å²) in [6.07, 6.45) is 16.3. The van der Waals surface area contributed by atoms with Crippen molar-refractivity contribution in [1.82, 2.24) is 0 Å². The van der Waals surface area contributed by atoms with Gasteiger partial charge < -0.3 is 23.7 Å². The first kappa shape index (κ1) is 33.7. The van der Waals surface area contributed by atoms with E-state index in [1.54, 1.807) is 0 Å². The van der Waals surface area contributed by atoms with Gasteiger partial charge in [-0.05, 0) is 151 Å². The van der Waals surface area contributed by atoms with Gasteiger partial charge in [-0.1, -0.05) is 0 Å². The maximum absolute atomic E-state index is 14.1. The Labute approximate surface area is 300 Å². The normalized spacial score (nSPS) is 51.2. The molecule has 0 aromatic rings. The van der Waals surface area contributed by atoms with E-state index in [9.17, 15) is 23.2 Å². The van der Waals surface area contributed by atoms with Crippen LogP contribution < -0.4 is 0 Å². The lowest BCUT2D eigenvalue weighted by molar-refractivity contribution is -0.391. The van der Waals surface area contributed by atoms with Crippen molar-refractivity contribution in [3.63, 3.8) is 0 Å². The Kier molecular flexibility index (Phi) is 7.52. The minimum Gasteiger partial charge on any atom is -0.464 e. The molecule has 1 spiro atoms. The van der Waals surface area contributed by atoms with E-state index in [4.69, 9.17) is 23.7 Å². The molecule has 12 aliphatic carbocycles. The number of hydrogen-bond donors (Lipinski definition) is 0. The fourth-order valence-corrected chi connectivity index (χ4v) is 15.3. The van der Waals surface area contributed by atoms with E-state index < -0.39 is 45.9 Å². The van der Waals surface area contributed by atoms with E-state index in [1.807, 2.05) is 0 Å². The summed E-state index contributed by atoms with van der Waals surface area (Å²) in [4.78, 5) is 41.5. The van der Waals surface area contributed by atoms with Gasteiger partial charge in [0.05, 0.1) is 34.9 Å². The molecule has 1 aliphatic heterocycles. The molecule has 0 amide bonds. The fourth-order valence-electron chi connectivity index (χ4n) is 15.3. The lowest BCUT2D eigenvalue weighted by atomic mass is 9.47. The van der Waals surface area contributed by atoms with Crippen LogP contribution in [0, 0.1) is 74.9 Å². The van der Waals surface area contributed by atoms with Crippen molar-refractivity contribution in [1.29, 1.82) is 0 Å². The monoisotopic (exact) mass is 714 g/mol. The highest BCUT2D eigenvalue weighted by atomic mass is 19.3. The molecular weight excluding hydrogens is 658 g/mol. The Morgan fingerprint density at radius 3 is 1.25 bits per heavy atom. The van der Waals surface area contributed by atoms with Crippen LogP contribution in [0.2, 0.25) is 0 Å². The molecule has 12 saturated carbocycles. The van der Waals surface area contributed by atoms with Gasteiger partial charge in [0.2, 0.25) is 0 Å². The average molecular weight is 715 g/mol. The second-order valence-corrected chi connectivity index (χ2v) is 20.6. The highest BCUT2D eigenvalue weighted by Crippen LogP contribution is 2.67. The second-order valence-electron chi connectivity index (χ2n) is 20.6. The zero-order valence-electron chi connectivity index (χ0n) is 30.3. The van der Waals surface area contributed by atoms with Crippen molar-refractivity contribution < 1.29 is 46.8 Å². The first-order chi connectivity index (χ1) is 24.3. The SMILES string of the molecule is CC(F)(F)COC(=O)C12CC3CC(C1)C1(OCC(COC(=O)C45CC6CC(CC(C6)C4)C5)(COC(=O)C45CC6CC(CC(C6)C4)C5)CO1)C(C3)C2. The molecule has 0 radical (unpaired) electrons. The molecule has 0 aromatic carbocycles. The van der Waals surface area contributed by atoms with Crippen molar-refractivity contribution in [2.24, 2.45) is 74.9 Å². The second kappa shape index (κ2) is 11.4. The van der Waals surface area contributed by atoms with E-state index in [0.717, 1.165) is 58.3 Å². The summed E-state index contributed by atoms with van der Waals surface area (Å²) in [5.74, 6) is -0.792. The molecule has 1 heterocycles. The largest absolute Gasteiger partial charge is 0.464 e. The van der Waals surface area contributed by atoms with Crippen LogP contribution in [0.3, 0.4) is 0 Å². The van der Waals surface area contributed by atoms with E-state index in [0.29, 0.717) is 60.7 Å². The molecule has 8 nitrogen and oxygen atoms in total. The minimum absolute atomic E-state index is 0.0689. The summed E-state index contributed by atoms with van der Waals surface area (Å²) < 4.78 is 58.9. The van der Waals surface area contributed by atoms with Crippen LogP contribution in [0.5, 0.6) is 0 Å². The molecule has 1 saturated heterocycles. The summed E-state index contributed by atoms with van der Waals surface area (Å²) in [5.41, 5.74) is -2.40. The number of hydrogen-bond acceptors (Lipinski definition) is 8. The Bertz CT molecular complexity index is 1310. The van der Waals surface area contributed by atoms with Crippen molar-refractivity contribution in [2.75, 3.05) is 33.0 Å². The quantitative estimate of drug-likeness (QED) is 0.182. The van der Waals surface area contributed by atoms with Crippen LogP contribution in [0.4, 0.5) is 8.78 Å². The van der Waals surface area contributed by atoms with Crippen molar-refractivity contribution in [3.05, 3.63) is 0 Å². The number of esters is 3. The molecular formula is C41H56F2O8. The summed E-state index contributed by atoms with van der Waals surface area (Å²) in [5, 5.41) is 0. The Morgan fingerprint density at radius 1 is 0.549 bits per heavy atom. The number of rotatable bonds is 9. The van der Waals surface area contributed by atoms with Gasteiger partial charge in [0, 0.05) is 18.8 Å². The van der Waals surface area contributed by atoms with Gasteiger partial charge in [-0.2, -0.15) is 0 Å². The number of halogens is 2. The molecule has 13 rings (SSSR count). The Hall–Kier alpha value is -1.81. The minimum atomic E-state index is -3.07. The van der Waals surface area contributed by atoms with Crippen LogP contribution in [0.15, 0.2) is 0 Å². The summed E-state index contributed by atoms with van der Waals surface area (Å²) in [7, 11) is 0.